The number of nitrogens with one attached hydrogen (secondary N) is 2. The second-order valence-electron chi connectivity index (χ2n) is 9.45. The largest absolute Gasteiger partial charge is 0.490 e. The van der Waals surface area contributed by atoms with Gasteiger partial charge in [-0.3, -0.25) is 14.6 Å². The Morgan fingerprint density at radius 3 is 2.14 bits per heavy atom. The number of hydrogen-bond acceptors (Lipinski definition) is 5. The van der Waals surface area contributed by atoms with Crippen LogP contribution in [0.4, 0.5) is 13.2 Å². The Hall–Kier alpha value is -3.67. The van der Waals surface area contributed by atoms with E-state index >= 15 is 0 Å². The van der Waals surface area contributed by atoms with E-state index in [0.29, 0.717) is 27.7 Å². The molecule has 4 rings (SSSR count). The van der Waals surface area contributed by atoms with Crippen LogP contribution in [0.3, 0.4) is 0 Å². The summed E-state index contributed by atoms with van der Waals surface area (Å²) in [6.45, 7) is 3.33. The Morgan fingerprint density at radius 2 is 1.57 bits per heavy atom. The molecule has 42 heavy (non-hydrogen) atoms. The molecule has 13 heteroatoms. The maximum Gasteiger partial charge on any atom is 0.490 e. The fraction of sp³-hybridized carbons (Fsp3) is 0.310. The molecular weight excluding hydrogens is 596 g/mol. The first-order valence-electron chi connectivity index (χ1n) is 13.0. The molecule has 3 N–H and O–H groups in total. The molecule has 2 heterocycles. The van der Waals surface area contributed by atoms with Crippen LogP contribution in [0.25, 0.3) is 11.1 Å². The molecule has 1 fully saturated rings. The topological polar surface area (TPSA) is 112 Å². The average Bonchev–Trinajstić information content (AvgIpc) is 2.98. The van der Waals surface area contributed by atoms with E-state index < -0.39 is 12.1 Å². The predicted octanol–water partition coefficient (Wildman–Crippen LogP) is 5.70. The van der Waals surface area contributed by atoms with Gasteiger partial charge in [-0.2, -0.15) is 13.2 Å². The molecule has 1 aromatic heterocycles. The van der Waals surface area contributed by atoms with Crippen LogP contribution < -0.4 is 10.6 Å². The zero-order valence-corrected chi connectivity index (χ0v) is 23.8. The van der Waals surface area contributed by atoms with Gasteiger partial charge in [0.1, 0.15) is 0 Å². The molecule has 0 saturated carbocycles. The first kappa shape index (κ1) is 32.8. The monoisotopic (exact) mass is 624 g/mol. The number of halogens is 5. The number of pyridine rings is 1. The second kappa shape index (κ2) is 15.5. The van der Waals surface area contributed by atoms with Gasteiger partial charge >= 0.3 is 12.1 Å². The molecule has 1 saturated heterocycles. The summed E-state index contributed by atoms with van der Waals surface area (Å²) in [5.74, 6) is -2.95. The van der Waals surface area contributed by atoms with E-state index in [-0.39, 0.29) is 17.9 Å². The van der Waals surface area contributed by atoms with Crippen LogP contribution in [0.5, 0.6) is 0 Å². The van der Waals surface area contributed by atoms with E-state index in [1.165, 1.54) is 0 Å². The standard InChI is InChI=1S/C27H28Cl2N4O2.C2HF3O2/c28-24-9-8-21(17-25(24)29)26(34)31-13-2-14-33-15-10-23(11-16-33)32-27(35)20-6-4-19(5-7-20)22-3-1-12-30-18-22;3-2(4,5)1(6)7/h1,3-9,12,17-18,23H,2,10-11,13-16H2,(H,31,34)(H,32,35);(H,6,7). The summed E-state index contributed by atoms with van der Waals surface area (Å²) in [4.78, 5) is 40.3. The number of amides is 2. The molecule has 0 bridgehead atoms. The van der Waals surface area contributed by atoms with Crippen molar-refractivity contribution in [3.8, 4) is 11.1 Å². The first-order valence-corrected chi connectivity index (χ1v) is 13.8. The lowest BCUT2D eigenvalue weighted by atomic mass is 10.0. The number of nitrogens with zero attached hydrogens (tertiary/aromatic N) is 2. The Balaban J connectivity index is 0.000000616. The van der Waals surface area contributed by atoms with Gasteiger partial charge in [-0.15, -0.1) is 0 Å². The van der Waals surface area contributed by atoms with Gasteiger partial charge in [0.15, 0.2) is 0 Å². The fourth-order valence-electron chi connectivity index (χ4n) is 4.16. The third-order valence-electron chi connectivity index (χ3n) is 6.43. The summed E-state index contributed by atoms with van der Waals surface area (Å²) in [5.41, 5.74) is 3.23. The number of alkyl halides is 3. The number of carboxylic acids is 1. The molecule has 0 atom stereocenters. The Kier molecular flexibility index (Phi) is 12.1. The molecule has 0 spiro atoms. The molecule has 224 valence electrons. The summed E-state index contributed by atoms with van der Waals surface area (Å²) in [6.07, 6.45) is 1.15. The minimum atomic E-state index is -5.08. The van der Waals surface area contributed by atoms with Gasteiger partial charge in [-0.1, -0.05) is 41.4 Å². The fourth-order valence-corrected chi connectivity index (χ4v) is 4.46. The van der Waals surface area contributed by atoms with Crippen molar-refractivity contribution in [1.29, 1.82) is 0 Å². The van der Waals surface area contributed by atoms with Crippen LogP contribution in [0, 0.1) is 0 Å². The van der Waals surface area contributed by atoms with E-state index in [1.807, 2.05) is 42.6 Å². The lowest BCUT2D eigenvalue weighted by molar-refractivity contribution is -0.192. The van der Waals surface area contributed by atoms with Crippen molar-refractivity contribution in [3.05, 3.63) is 88.2 Å². The molecule has 1 aliphatic rings. The van der Waals surface area contributed by atoms with E-state index in [0.717, 1.165) is 50.0 Å². The normalized spacial score (nSPS) is 13.9. The highest BCUT2D eigenvalue weighted by Crippen LogP contribution is 2.22. The first-order chi connectivity index (χ1) is 19.9. The van der Waals surface area contributed by atoms with Crippen molar-refractivity contribution < 1.29 is 32.7 Å². The highest BCUT2D eigenvalue weighted by molar-refractivity contribution is 6.42. The quantitative estimate of drug-likeness (QED) is 0.277. The number of benzene rings is 2. The summed E-state index contributed by atoms with van der Waals surface area (Å²) >= 11 is 11.9. The number of aliphatic carboxylic acids is 1. The summed E-state index contributed by atoms with van der Waals surface area (Å²) in [7, 11) is 0. The van der Waals surface area contributed by atoms with E-state index in [9.17, 15) is 22.8 Å². The molecule has 1 aliphatic heterocycles. The molecule has 8 nitrogen and oxygen atoms in total. The van der Waals surface area contributed by atoms with Crippen LogP contribution in [-0.2, 0) is 4.79 Å². The SMILES string of the molecule is O=C(NCCCN1CCC(NC(=O)c2ccc(-c3cccnc3)cc2)CC1)c1ccc(Cl)c(Cl)c1.O=C(O)C(F)(F)F. The highest BCUT2D eigenvalue weighted by Gasteiger charge is 2.38. The lowest BCUT2D eigenvalue weighted by Crippen LogP contribution is -2.45. The second-order valence-corrected chi connectivity index (χ2v) is 10.3. The van der Waals surface area contributed by atoms with Gasteiger partial charge in [0.05, 0.1) is 10.0 Å². The smallest absolute Gasteiger partial charge is 0.475 e. The van der Waals surface area contributed by atoms with E-state index in [2.05, 4.69) is 20.5 Å². The molecule has 0 aliphatic carbocycles. The van der Waals surface area contributed by atoms with Crippen molar-refractivity contribution in [1.82, 2.24) is 20.5 Å². The molecule has 0 unspecified atom stereocenters. The van der Waals surface area contributed by atoms with Crippen LogP contribution in [0.1, 0.15) is 40.0 Å². The van der Waals surface area contributed by atoms with Gasteiger partial charge in [0.2, 0.25) is 0 Å². The maximum absolute atomic E-state index is 12.7. The molecule has 0 radical (unpaired) electrons. The Morgan fingerprint density at radius 1 is 0.929 bits per heavy atom. The van der Waals surface area contributed by atoms with Crippen LogP contribution in [0.15, 0.2) is 67.0 Å². The highest BCUT2D eigenvalue weighted by atomic mass is 35.5. The van der Waals surface area contributed by atoms with Crippen molar-refractivity contribution >= 4 is 41.0 Å². The maximum atomic E-state index is 12.7. The van der Waals surface area contributed by atoms with E-state index in [4.69, 9.17) is 33.1 Å². The number of carbonyl (C=O) groups is 3. The number of likely N-dealkylation sites (tertiary alicyclic amines) is 1. The minimum Gasteiger partial charge on any atom is -0.475 e. The van der Waals surface area contributed by atoms with Crippen molar-refractivity contribution in [2.24, 2.45) is 0 Å². The number of piperidine rings is 1. The molecule has 2 aromatic carbocycles. The van der Waals surface area contributed by atoms with Gasteiger partial charge < -0.3 is 20.6 Å². The zero-order chi connectivity index (χ0) is 30.7. The van der Waals surface area contributed by atoms with Crippen molar-refractivity contribution in [2.75, 3.05) is 26.2 Å². The van der Waals surface area contributed by atoms with Gasteiger partial charge in [-0.25, -0.2) is 4.79 Å². The molecule has 3 aromatic rings. The van der Waals surface area contributed by atoms with Crippen LogP contribution in [-0.4, -0.2) is 71.2 Å². The number of carbonyl (C=O) groups excluding carboxylic acids is 2. The summed E-state index contributed by atoms with van der Waals surface area (Å²) in [6, 6.07) is 16.6. The number of rotatable bonds is 8. The summed E-state index contributed by atoms with van der Waals surface area (Å²) in [5, 5.41) is 14.0. The third kappa shape index (κ3) is 10.3. The number of carboxylic acid groups (broad SMARTS) is 1. The molecular formula is C29H29Cl2F3N4O4. The van der Waals surface area contributed by atoms with Gasteiger partial charge in [-0.05, 0) is 73.3 Å². The molecule has 2 amide bonds. The average molecular weight is 625 g/mol. The summed E-state index contributed by atoms with van der Waals surface area (Å²) < 4.78 is 31.7. The van der Waals surface area contributed by atoms with Crippen molar-refractivity contribution in [3.63, 3.8) is 0 Å². The van der Waals surface area contributed by atoms with Gasteiger partial charge in [0, 0.05) is 49.2 Å². The van der Waals surface area contributed by atoms with Crippen LogP contribution >= 0.6 is 23.2 Å². The van der Waals surface area contributed by atoms with Crippen molar-refractivity contribution in [2.45, 2.75) is 31.5 Å². The zero-order valence-electron chi connectivity index (χ0n) is 22.3. The minimum absolute atomic E-state index is 0.0359. The van der Waals surface area contributed by atoms with Gasteiger partial charge in [0.25, 0.3) is 11.8 Å². The number of hydrogen-bond donors (Lipinski definition) is 3. The Bertz CT molecular complexity index is 1350. The third-order valence-corrected chi connectivity index (χ3v) is 7.16. The Labute approximate surface area is 250 Å². The predicted molar refractivity (Wildman–Crippen MR) is 154 cm³/mol. The van der Waals surface area contributed by atoms with Crippen LogP contribution in [0.2, 0.25) is 10.0 Å². The lowest BCUT2D eigenvalue weighted by Gasteiger charge is -2.32. The number of aromatic nitrogens is 1. The van der Waals surface area contributed by atoms with E-state index in [1.54, 1.807) is 24.4 Å².